The van der Waals surface area contributed by atoms with Crippen LogP contribution < -0.4 is 0 Å². The van der Waals surface area contributed by atoms with Crippen molar-refractivity contribution < 1.29 is 4.79 Å². The number of benzene rings is 3. The maximum Gasteiger partial charge on any atom is 0.212 e. The van der Waals surface area contributed by atoms with Crippen molar-refractivity contribution in [2.45, 2.75) is 33.1 Å². The third-order valence-corrected chi connectivity index (χ3v) is 5.15. The van der Waals surface area contributed by atoms with Crippen molar-refractivity contribution in [2.24, 2.45) is 4.99 Å². The smallest absolute Gasteiger partial charge is 0.212 e. The van der Waals surface area contributed by atoms with Gasteiger partial charge in [0.05, 0.1) is 5.69 Å². The van der Waals surface area contributed by atoms with Gasteiger partial charge in [-0.15, -0.1) is 0 Å². The molecule has 27 heavy (non-hydrogen) atoms. The zero-order chi connectivity index (χ0) is 19.3. The van der Waals surface area contributed by atoms with Gasteiger partial charge < -0.3 is 0 Å². The van der Waals surface area contributed by atoms with E-state index in [4.69, 9.17) is 4.99 Å². The molecule has 0 saturated carbocycles. The average Bonchev–Trinajstić information content (AvgIpc) is 2.89. The summed E-state index contributed by atoms with van der Waals surface area (Å²) in [5.74, 6) is 0.00221. The molecule has 0 fully saturated rings. The lowest BCUT2D eigenvalue weighted by Gasteiger charge is -2.22. The summed E-state index contributed by atoms with van der Waals surface area (Å²) < 4.78 is 0. The fourth-order valence-corrected chi connectivity index (χ4v) is 3.73. The monoisotopic (exact) mass is 353 g/mol. The van der Waals surface area contributed by atoms with Gasteiger partial charge in [-0.05, 0) is 34.9 Å². The Kier molecular flexibility index (Phi) is 3.88. The number of hydrogen-bond donors (Lipinski definition) is 0. The van der Waals surface area contributed by atoms with Crippen LogP contribution >= 0.6 is 0 Å². The van der Waals surface area contributed by atoms with E-state index in [0.717, 1.165) is 44.3 Å². The molecule has 2 nitrogen and oxygen atoms in total. The van der Waals surface area contributed by atoms with E-state index >= 15 is 0 Å². The molecule has 3 aromatic carbocycles. The number of hydrogen-bond acceptors (Lipinski definition) is 2. The zero-order valence-corrected chi connectivity index (χ0v) is 16.3. The van der Waals surface area contributed by atoms with Crippen LogP contribution in [0.5, 0.6) is 0 Å². The fourth-order valence-electron chi connectivity index (χ4n) is 3.73. The first-order valence-corrected chi connectivity index (χ1v) is 9.23. The third-order valence-electron chi connectivity index (χ3n) is 5.15. The molecule has 0 bridgehead atoms. The lowest BCUT2D eigenvalue weighted by Crippen LogP contribution is -2.13. The second-order valence-corrected chi connectivity index (χ2v) is 8.26. The highest BCUT2D eigenvalue weighted by atomic mass is 16.1. The molecule has 3 aromatic rings. The average molecular weight is 353 g/mol. The standard InChI is InChI=1S/C25H23NO/c1-15(2)17-12-13-20(25(3,4)5)21(14-17)26-23-18-10-6-8-16-9-7-11-19(22(16)18)24(23)27/h6-14H,1H2,2-5H3/b26-23+. The first kappa shape index (κ1) is 17.4. The molecule has 0 heterocycles. The highest BCUT2D eigenvalue weighted by Gasteiger charge is 2.29. The molecular formula is C25H23NO. The van der Waals surface area contributed by atoms with Crippen LogP contribution in [0.3, 0.4) is 0 Å². The lowest BCUT2D eigenvalue weighted by molar-refractivity contribution is 0.107. The molecule has 0 unspecified atom stereocenters. The van der Waals surface area contributed by atoms with Crippen molar-refractivity contribution in [3.05, 3.63) is 83.4 Å². The van der Waals surface area contributed by atoms with E-state index in [1.54, 1.807) is 0 Å². The van der Waals surface area contributed by atoms with E-state index < -0.39 is 0 Å². The molecule has 0 saturated heterocycles. The summed E-state index contributed by atoms with van der Waals surface area (Å²) in [4.78, 5) is 18.0. The van der Waals surface area contributed by atoms with Crippen LogP contribution in [0.25, 0.3) is 16.3 Å². The van der Waals surface area contributed by atoms with Crippen molar-refractivity contribution in [2.75, 3.05) is 0 Å². The molecule has 0 amide bonds. The van der Waals surface area contributed by atoms with Gasteiger partial charge in [0.15, 0.2) is 0 Å². The minimum Gasteiger partial charge on any atom is -0.287 e. The Morgan fingerprint density at radius 1 is 0.963 bits per heavy atom. The number of aliphatic imine (C=N–C) groups is 1. The lowest BCUT2D eigenvalue weighted by atomic mass is 9.84. The van der Waals surface area contributed by atoms with E-state index in [9.17, 15) is 4.79 Å². The fraction of sp³-hybridized carbons (Fsp3) is 0.200. The van der Waals surface area contributed by atoms with Gasteiger partial charge in [0.25, 0.3) is 0 Å². The molecule has 4 rings (SSSR count). The van der Waals surface area contributed by atoms with Crippen molar-refractivity contribution >= 4 is 33.5 Å². The molecule has 134 valence electrons. The molecule has 2 heteroatoms. The third kappa shape index (κ3) is 2.82. The molecular weight excluding hydrogens is 330 g/mol. The van der Waals surface area contributed by atoms with Crippen LogP contribution in [0.2, 0.25) is 0 Å². The summed E-state index contributed by atoms with van der Waals surface area (Å²) in [7, 11) is 0. The minimum absolute atomic E-state index is 0.00221. The Morgan fingerprint density at radius 2 is 1.63 bits per heavy atom. The van der Waals surface area contributed by atoms with Crippen molar-refractivity contribution in [1.29, 1.82) is 0 Å². The van der Waals surface area contributed by atoms with Gasteiger partial charge in [0.1, 0.15) is 5.71 Å². The van der Waals surface area contributed by atoms with Gasteiger partial charge in [0, 0.05) is 16.5 Å². The number of nitrogens with zero attached hydrogens (tertiary/aromatic N) is 1. The predicted molar refractivity (Wildman–Crippen MR) is 114 cm³/mol. The molecule has 0 aliphatic heterocycles. The molecule has 0 radical (unpaired) electrons. The van der Waals surface area contributed by atoms with E-state index in [2.05, 4.69) is 39.5 Å². The Hall–Kier alpha value is -3.00. The van der Waals surface area contributed by atoms with Gasteiger partial charge in [-0.1, -0.05) is 81.5 Å². The summed E-state index contributed by atoms with van der Waals surface area (Å²) >= 11 is 0. The van der Waals surface area contributed by atoms with E-state index in [0.29, 0.717) is 5.71 Å². The van der Waals surface area contributed by atoms with Crippen molar-refractivity contribution in [3.8, 4) is 0 Å². The van der Waals surface area contributed by atoms with Crippen LogP contribution in [0.15, 0.2) is 66.2 Å². The first-order valence-electron chi connectivity index (χ1n) is 9.23. The van der Waals surface area contributed by atoms with Crippen LogP contribution in [0, 0.1) is 0 Å². The SMILES string of the molecule is C=C(C)c1ccc(C(C)(C)C)c(/N=C2/C(=O)c3cccc4cccc2c34)c1. The second-order valence-electron chi connectivity index (χ2n) is 8.26. The summed E-state index contributed by atoms with van der Waals surface area (Å²) in [5, 5.41) is 2.09. The maximum atomic E-state index is 13.1. The number of Topliss-reactive ketones (excluding diaryl/α,β-unsaturated/α-hetero) is 1. The minimum atomic E-state index is -0.0759. The number of ketones is 1. The Bertz CT molecular complexity index is 1140. The van der Waals surface area contributed by atoms with Crippen molar-refractivity contribution in [3.63, 3.8) is 0 Å². The van der Waals surface area contributed by atoms with Gasteiger partial charge in [-0.3, -0.25) is 4.79 Å². The van der Waals surface area contributed by atoms with Crippen LogP contribution in [-0.2, 0) is 5.41 Å². The van der Waals surface area contributed by atoms with Gasteiger partial charge in [-0.2, -0.15) is 0 Å². The summed E-state index contributed by atoms with van der Waals surface area (Å²) in [6.07, 6.45) is 0. The predicted octanol–water partition coefficient (Wildman–Crippen LogP) is 6.49. The molecule has 0 aromatic heterocycles. The quantitative estimate of drug-likeness (QED) is 0.518. The topological polar surface area (TPSA) is 29.4 Å². The highest BCUT2D eigenvalue weighted by molar-refractivity contribution is 6.59. The normalized spacial score (nSPS) is 15.0. The first-order chi connectivity index (χ1) is 12.8. The number of allylic oxidation sites excluding steroid dienone is 1. The maximum absolute atomic E-state index is 13.1. The van der Waals surface area contributed by atoms with E-state index in [1.165, 1.54) is 0 Å². The zero-order valence-electron chi connectivity index (χ0n) is 16.3. The molecule has 1 aliphatic rings. The van der Waals surface area contributed by atoms with E-state index in [-0.39, 0.29) is 11.2 Å². The van der Waals surface area contributed by atoms with Crippen molar-refractivity contribution in [1.82, 2.24) is 0 Å². The van der Waals surface area contributed by atoms with Crippen LogP contribution in [-0.4, -0.2) is 11.5 Å². The Morgan fingerprint density at radius 3 is 2.26 bits per heavy atom. The molecule has 0 atom stereocenters. The number of rotatable bonds is 2. The largest absolute Gasteiger partial charge is 0.287 e. The molecule has 1 aliphatic carbocycles. The summed E-state index contributed by atoms with van der Waals surface area (Å²) in [6, 6.07) is 18.1. The number of carbonyl (C=O) groups is 1. The van der Waals surface area contributed by atoms with Gasteiger partial charge in [0.2, 0.25) is 5.78 Å². The van der Waals surface area contributed by atoms with Crippen LogP contribution in [0.4, 0.5) is 5.69 Å². The molecule has 0 spiro atoms. The number of carbonyl (C=O) groups excluding carboxylic acids is 1. The molecule has 0 N–H and O–H groups in total. The summed E-state index contributed by atoms with van der Waals surface area (Å²) in [5.41, 5.74) is 6.12. The van der Waals surface area contributed by atoms with Gasteiger partial charge in [-0.25, -0.2) is 4.99 Å². The Labute approximate surface area is 160 Å². The van der Waals surface area contributed by atoms with Crippen LogP contribution in [0.1, 0.15) is 54.7 Å². The van der Waals surface area contributed by atoms with E-state index in [1.807, 2.05) is 49.4 Å². The Balaban J connectivity index is 1.98. The van der Waals surface area contributed by atoms with Gasteiger partial charge >= 0.3 is 0 Å². The highest BCUT2D eigenvalue weighted by Crippen LogP contribution is 2.37. The second kappa shape index (κ2) is 6.02. The summed E-state index contributed by atoms with van der Waals surface area (Å²) in [6.45, 7) is 12.5.